The second-order valence-corrected chi connectivity index (χ2v) is 1.83. The zero-order valence-corrected chi connectivity index (χ0v) is 5.66. The van der Waals surface area contributed by atoms with Crippen molar-refractivity contribution < 1.29 is 0 Å². The highest BCUT2D eigenvalue weighted by molar-refractivity contribution is 5.42. The van der Waals surface area contributed by atoms with Crippen molar-refractivity contribution >= 4 is 6.08 Å². The summed E-state index contributed by atoms with van der Waals surface area (Å²) in [4.78, 5) is 16.6. The summed E-state index contributed by atoms with van der Waals surface area (Å²) >= 11 is 0. The lowest BCUT2D eigenvalue weighted by atomic mass is 10.4. The largest absolute Gasteiger partial charge is 0.345 e. The highest BCUT2D eigenvalue weighted by Gasteiger charge is 1.84. The van der Waals surface area contributed by atoms with Gasteiger partial charge < -0.3 is 4.98 Å². The summed E-state index contributed by atoms with van der Waals surface area (Å²) in [5.74, 6) is 0. The molecule has 0 fully saturated rings. The Labute approximate surface area is 58.4 Å². The molecule has 1 rings (SSSR count). The fourth-order valence-corrected chi connectivity index (χ4v) is 0.659. The number of aromatic amines is 1. The molecule has 0 radical (unpaired) electrons. The molecule has 0 aliphatic heterocycles. The predicted molar refractivity (Wildman–Crippen MR) is 39.6 cm³/mol. The van der Waals surface area contributed by atoms with Crippen molar-refractivity contribution in [3.8, 4) is 0 Å². The van der Waals surface area contributed by atoms with Crippen LogP contribution in [-0.4, -0.2) is 9.97 Å². The third-order valence-corrected chi connectivity index (χ3v) is 1.04. The third-order valence-electron chi connectivity index (χ3n) is 1.04. The molecule has 52 valence electrons. The van der Waals surface area contributed by atoms with Gasteiger partial charge in [0.15, 0.2) is 0 Å². The molecule has 0 saturated heterocycles. The molecule has 1 N–H and O–H groups in total. The summed E-state index contributed by atoms with van der Waals surface area (Å²) in [6.07, 6.45) is 5.14. The Morgan fingerprint density at radius 1 is 1.70 bits per heavy atom. The van der Waals surface area contributed by atoms with Crippen molar-refractivity contribution in [2.75, 3.05) is 0 Å². The van der Waals surface area contributed by atoms with Crippen LogP contribution in [0.2, 0.25) is 0 Å². The lowest BCUT2D eigenvalue weighted by Gasteiger charge is -1.87. The molecule has 3 heteroatoms. The lowest BCUT2D eigenvalue weighted by molar-refractivity contribution is 1.06. The zero-order valence-electron chi connectivity index (χ0n) is 5.66. The van der Waals surface area contributed by atoms with Crippen LogP contribution in [-0.2, 0) is 0 Å². The van der Waals surface area contributed by atoms with E-state index in [0.717, 1.165) is 5.69 Å². The van der Waals surface area contributed by atoms with Gasteiger partial charge in [-0.05, 0) is 19.1 Å². The summed E-state index contributed by atoms with van der Waals surface area (Å²) < 4.78 is 0. The maximum absolute atomic E-state index is 10.6. The van der Waals surface area contributed by atoms with Crippen molar-refractivity contribution in [1.29, 1.82) is 0 Å². The first-order chi connectivity index (χ1) is 4.83. The van der Waals surface area contributed by atoms with Crippen molar-refractivity contribution in [3.05, 3.63) is 34.5 Å². The van der Waals surface area contributed by atoms with Crippen molar-refractivity contribution in [3.63, 3.8) is 0 Å². The molecule has 10 heavy (non-hydrogen) atoms. The van der Waals surface area contributed by atoms with E-state index in [4.69, 9.17) is 0 Å². The zero-order chi connectivity index (χ0) is 7.40. The van der Waals surface area contributed by atoms with Crippen molar-refractivity contribution in [2.24, 2.45) is 0 Å². The highest BCUT2D eigenvalue weighted by Crippen LogP contribution is 1.90. The molecular formula is C7H8N2O. The van der Waals surface area contributed by atoms with Crippen LogP contribution in [0, 0.1) is 0 Å². The number of allylic oxidation sites excluding steroid dienone is 1. The topological polar surface area (TPSA) is 45.8 Å². The van der Waals surface area contributed by atoms with Crippen LogP contribution in [0.15, 0.2) is 23.1 Å². The van der Waals surface area contributed by atoms with Gasteiger partial charge in [0.2, 0.25) is 0 Å². The van der Waals surface area contributed by atoms with Gasteiger partial charge in [-0.2, -0.15) is 0 Å². The summed E-state index contributed by atoms with van der Waals surface area (Å²) in [7, 11) is 0. The average Bonchev–Trinajstić information content (AvgIpc) is 1.88. The van der Waals surface area contributed by atoms with Gasteiger partial charge >= 0.3 is 5.69 Å². The quantitative estimate of drug-likeness (QED) is 0.620. The standard InChI is InChI=1S/C7H8N2O/c1-2-3-6-4-5-8-7(10)9-6/h2-5H,1H3,(H,8,9,10)/b3-2-. The van der Waals surface area contributed by atoms with Crippen LogP contribution >= 0.6 is 0 Å². The van der Waals surface area contributed by atoms with Crippen LogP contribution in [0.5, 0.6) is 0 Å². The minimum absolute atomic E-state index is 0.310. The maximum Gasteiger partial charge on any atom is 0.345 e. The number of rotatable bonds is 1. The molecule has 1 aromatic heterocycles. The van der Waals surface area contributed by atoms with Crippen molar-refractivity contribution in [2.45, 2.75) is 6.92 Å². The van der Waals surface area contributed by atoms with Crippen LogP contribution in [0.25, 0.3) is 6.08 Å². The van der Waals surface area contributed by atoms with Gasteiger partial charge in [-0.25, -0.2) is 9.78 Å². The molecule has 3 nitrogen and oxygen atoms in total. The first kappa shape index (κ1) is 6.74. The molecule has 0 atom stereocenters. The second kappa shape index (κ2) is 2.96. The monoisotopic (exact) mass is 136 g/mol. The SMILES string of the molecule is C/C=C\c1ccnc(=O)[nH]1. The van der Waals surface area contributed by atoms with E-state index in [0.29, 0.717) is 0 Å². The number of nitrogens with zero attached hydrogens (tertiary/aromatic N) is 1. The second-order valence-electron chi connectivity index (χ2n) is 1.83. The van der Waals surface area contributed by atoms with Crippen LogP contribution in [0.3, 0.4) is 0 Å². The van der Waals surface area contributed by atoms with E-state index < -0.39 is 0 Å². The molecule has 0 amide bonds. The number of hydrogen-bond acceptors (Lipinski definition) is 2. The molecule has 0 aromatic carbocycles. The molecule has 0 aliphatic rings. The van der Waals surface area contributed by atoms with Gasteiger partial charge in [0.05, 0.1) is 0 Å². The molecule has 0 spiro atoms. The van der Waals surface area contributed by atoms with Crippen molar-refractivity contribution in [1.82, 2.24) is 9.97 Å². The van der Waals surface area contributed by atoms with E-state index in [1.54, 1.807) is 6.07 Å². The van der Waals surface area contributed by atoms with E-state index in [2.05, 4.69) is 9.97 Å². The Morgan fingerprint density at radius 3 is 3.10 bits per heavy atom. The molecule has 1 heterocycles. The van der Waals surface area contributed by atoms with Gasteiger partial charge in [0, 0.05) is 11.9 Å². The van der Waals surface area contributed by atoms with Gasteiger partial charge in [0.1, 0.15) is 0 Å². The lowest BCUT2D eigenvalue weighted by Crippen LogP contribution is -2.09. The first-order valence-electron chi connectivity index (χ1n) is 3.01. The third kappa shape index (κ3) is 1.55. The average molecular weight is 136 g/mol. The molecule has 1 aromatic rings. The molecular weight excluding hydrogens is 128 g/mol. The van der Waals surface area contributed by atoms with Gasteiger partial charge in [-0.3, -0.25) is 0 Å². The number of nitrogens with one attached hydrogen (secondary N) is 1. The number of aromatic nitrogens is 2. The normalized spacial score (nSPS) is 10.5. The van der Waals surface area contributed by atoms with Crippen LogP contribution in [0.1, 0.15) is 12.6 Å². The molecule has 0 bridgehead atoms. The van der Waals surface area contributed by atoms with Gasteiger partial charge in [0.25, 0.3) is 0 Å². The summed E-state index contributed by atoms with van der Waals surface area (Å²) in [5, 5.41) is 0. The number of H-pyrrole nitrogens is 1. The fourth-order valence-electron chi connectivity index (χ4n) is 0.659. The molecule has 0 saturated carbocycles. The van der Waals surface area contributed by atoms with Crippen LogP contribution in [0.4, 0.5) is 0 Å². The summed E-state index contributed by atoms with van der Waals surface area (Å²) in [6, 6.07) is 1.74. The maximum atomic E-state index is 10.6. The Hall–Kier alpha value is -1.38. The highest BCUT2D eigenvalue weighted by atomic mass is 16.1. The molecule has 0 unspecified atom stereocenters. The smallest absolute Gasteiger partial charge is 0.306 e. The van der Waals surface area contributed by atoms with E-state index in [1.807, 2.05) is 19.1 Å². The van der Waals surface area contributed by atoms with Crippen LogP contribution < -0.4 is 5.69 Å². The Bertz CT molecular complexity index is 288. The van der Waals surface area contributed by atoms with E-state index in [-0.39, 0.29) is 5.69 Å². The Kier molecular flexibility index (Phi) is 1.99. The Balaban J connectivity index is 3.07. The van der Waals surface area contributed by atoms with E-state index in [9.17, 15) is 4.79 Å². The first-order valence-corrected chi connectivity index (χ1v) is 3.01. The summed E-state index contributed by atoms with van der Waals surface area (Å²) in [5.41, 5.74) is 0.470. The summed E-state index contributed by atoms with van der Waals surface area (Å²) in [6.45, 7) is 1.89. The Morgan fingerprint density at radius 2 is 2.50 bits per heavy atom. The van der Waals surface area contributed by atoms with Gasteiger partial charge in [-0.15, -0.1) is 0 Å². The minimum Gasteiger partial charge on any atom is -0.306 e. The van der Waals surface area contributed by atoms with Gasteiger partial charge in [-0.1, -0.05) is 6.08 Å². The number of hydrogen-bond donors (Lipinski definition) is 1. The van der Waals surface area contributed by atoms with E-state index in [1.165, 1.54) is 6.20 Å². The fraction of sp³-hybridized carbons (Fsp3) is 0.143. The minimum atomic E-state index is -0.310. The van der Waals surface area contributed by atoms with E-state index >= 15 is 0 Å². The molecule has 0 aliphatic carbocycles. The predicted octanol–water partition coefficient (Wildman–Crippen LogP) is 0.803.